The second-order valence-corrected chi connectivity index (χ2v) is 5.95. The monoisotopic (exact) mass is 320 g/mol. The number of ether oxygens (including phenoxy) is 1. The Morgan fingerprint density at radius 3 is 2.43 bits per heavy atom. The fourth-order valence-corrected chi connectivity index (χ4v) is 3.54. The van der Waals surface area contributed by atoms with Gasteiger partial charge in [-0.2, -0.15) is 0 Å². The van der Waals surface area contributed by atoms with Crippen molar-refractivity contribution in [3.63, 3.8) is 0 Å². The van der Waals surface area contributed by atoms with Crippen LogP contribution in [0.1, 0.15) is 6.42 Å². The standard InChI is InChI=1S/C15H16N2O6/c16-15(13(20)21)6-8(9-10(11(9)15)12(18)19)23-14(22)17-7-4-2-1-3-5-7/h1-5,8-11H,6,16H2,(H,17,22)(H,18,19)(H,20,21)/t8-,9-,10-,11-,15-/m0/s1. The van der Waals surface area contributed by atoms with Crippen molar-refractivity contribution in [2.24, 2.45) is 23.5 Å². The molecule has 0 bridgehead atoms. The normalized spacial score (nSPS) is 34.3. The lowest BCUT2D eigenvalue weighted by Gasteiger charge is -2.24. The highest BCUT2D eigenvalue weighted by atomic mass is 16.6. The maximum absolute atomic E-state index is 11.9. The summed E-state index contributed by atoms with van der Waals surface area (Å²) in [6.07, 6.45) is -1.68. The van der Waals surface area contributed by atoms with E-state index < -0.39 is 47.4 Å². The van der Waals surface area contributed by atoms with Gasteiger partial charge < -0.3 is 20.7 Å². The number of nitrogens with two attached hydrogens (primary N) is 1. The van der Waals surface area contributed by atoms with E-state index in [1.54, 1.807) is 30.3 Å². The Bertz CT molecular complexity index is 663. The zero-order valence-corrected chi connectivity index (χ0v) is 12.0. The Balaban J connectivity index is 1.70. The van der Waals surface area contributed by atoms with Crippen LogP contribution < -0.4 is 11.1 Å². The molecule has 1 aromatic carbocycles. The van der Waals surface area contributed by atoms with Crippen molar-refractivity contribution in [3.8, 4) is 0 Å². The number of anilines is 1. The summed E-state index contributed by atoms with van der Waals surface area (Å²) in [5.41, 5.74) is 4.71. The Labute approximate surface area is 131 Å². The van der Waals surface area contributed by atoms with Crippen LogP contribution >= 0.6 is 0 Å². The second-order valence-electron chi connectivity index (χ2n) is 5.95. The quantitative estimate of drug-likeness (QED) is 0.641. The van der Waals surface area contributed by atoms with E-state index in [0.717, 1.165) is 0 Å². The summed E-state index contributed by atoms with van der Waals surface area (Å²) in [4.78, 5) is 34.5. The molecule has 5 N–H and O–H groups in total. The average molecular weight is 320 g/mol. The van der Waals surface area contributed by atoms with E-state index in [9.17, 15) is 19.5 Å². The number of carboxylic acids is 2. The molecule has 3 rings (SSSR count). The number of nitrogens with one attached hydrogen (secondary N) is 1. The maximum Gasteiger partial charge on any atom is 0.411 e. The predicted octanol–water partition coefficient (Wildman–Crippen LogP) is 0.736. The zero-order valence-electron chi connectivity index (χ0n) is 12.0. The predicted molar refractivity (Wildman–Crippen MR) is 77.6 cm³/mol. The SMILES string of the molecule is N[C@@]1(C(=O)O)C[C@H](OC(=O)Nc2ccccc2)[C@H]2[C@H](C(=O)O)[C@H]21. The smallest absolute Gasteiger partial charge is 0.411 e. The second kappa shape index (κ2) is 5.24. The first kappa shape index (κ1) is 15.3. The van der Waals surface area contributed by atoms with Gasteiger partial charge in [0.05, 0.1) is 5.92 Å². The van der Waals surface area contributed by atoms with Crippen molar-refractivity contribution in [2.45, 2.75) is 18.1 Å². The van der Waals surface area contributed by atoms with Gasteiger partial charge in [0.1, 0.15) is 11.6 Å². The lowest BCUT2D eigenvalue weighted by atomic mass is 9.91. The topological polar surface area (TPSA) is 139 Å². The molecule has 2 aliphatic rings. The maximum atomic E-state index is 11.9. The van der Waals surface area contributed by atoms with Crippen molar-refractivity contribution in [3.05, 3.63) is 30.3 Å². The van der Waals surface area contributed by atoms with Crippen LogP contribution in [0.15, 0.2) is 30.3 Å². The van der Waals surface area contributed by atoms with Gasteiger partial charge in [0.2, 0.25) is 0 Å². The zero-order chi connectivity index (χ0) is 16.8. The number of fused-ring (bicyclic) bond motifs is 1. The Morgan fingerprint density at radius 2 is 1.87 bits per heavy atom. The van der Waals surface area contributed by atoms with Gasteiger partial charge in [0.15, 0.2) is 0 Å². The lowest BCUT2D eigenvalue weighted by molar-refractivity contribution is -0.146. The van der Waals surface area contributed by atoms with Crippen molar-refractivity contribution in [1.29, 1.82) is 0 Å². The highest BCUT2D eigenvalue weighted by molar-refractivity contribution is 5.87. The number of carbonyl (C=O) groups excluding carboxylic acids is 1. The molecular formula is C15H16N2O6. The lowest BCUT2D eigenvalue weighted by Crippen LogP contribution is -2.51. The summed E-state index contributed by atoms with van der Waals surface area (Å²) < 4.78 is 5.24. The molecule has 2 fully saturated rings. The molecule has 8 heteroatoms. The van der Waals surface area contributed by atoms with E-state index in [1.807, 2.05) is 0 Å². The van der Waals surface area contributed by atoms with Crippen LogP contribution in [-0.4, -0.2) is 39.9 Å². The minimum absolute atomic E-state index is 0.0936. The van der Waals surface area contributed by atoms with Gasteiger partial charge >= 0.3 is 18.0 Å². The summed E-state index contributed by atoms with van der Waals surface area (Å²) in [5, 5.41) is 20.9. The Hall–Kier alpha value is -2.61. The minimum atomic E-state index is -1.68. The summed E-state index contributed by atoms with van der Waals surface area (Å²) >= 11 is 0. The van der Waals surface area contributed by atoms with Crippen molar-refractivity contribution < 1.29 is 29.3 Å². The molecule has 8 nitrogen and oxygen atoms in total. The molecule has 0 radical (unpaired) electrons. The van der Waals surface area contributed by atoms with Gasteiger partial charge in [-0.25, -0.2) is 4.79 Å². The van der Waals surface area contributed by atoms with Crippen LogP contribution in [0.25, 0.3) is 0 Å². The largest absolute Gasteiger partial charge is 0.481 e. The van der Waals surface area contributed by atoms with Crippen molar-refractivity contribution >= 4 is 23.7 Å². The van der Waals surface area contributed by atoms with Crippen molar-refractivity contribution in [1.82, 2.24) is 0 Å². The molecule has 2 saturated carbocycles. The van der Waals surface area contributed by atoms with Crippen LogP contribution in [0.3, 0.4) is 0 Å². The molecule has 122 valence electrons. The van der Waals surface area contributed by atoms with E-state index in [2.05, 4.69) is 5.32 Å². The molecule has 1 amide bonds. The van der Waals surface area contributed by atoms with Gasteiger partial charge in [-0.15, -0.1) is 0 Å². The van der Waals surface area contributed by atoms with Crippen LogP contribution in [0.5, 0.6) is 0 Å². The van der Waals surface area contributed by atoms with Gasteiger partial charge in [-0.1, -0.05) is 18.2 Å². The van der Waals surface area contributed by atoms with Crippen LogP contribution in [-0.2, 0) is 14.3 Å². The number of para-hydroxylation sites is 1. The van der Waals surface area contributed by atoms with E-state index in [0.29, 0.717) is 5.69 Å². The number of hydrogen-bond acceptors (Lipinski definition) is 5. The molecule has 2 aliphatic carbocycles. The molecule has 0 aliphatic heterocycles. The highest BCUT2D eigenvalue weighted by Crippen LogP contribution is 2.62. The average Bonchev–Trinajstić information content (AvgIpc) is 3.17. The van der Waals surface area contributed by atoms with Crippen LogP contribution in [0, 0.1) is 17.8 Å². The highest BCUT2D eigenvalue weighted by Gasteiger charge is 2.75. The first-order chi connectivity index (χ1) is 10.8. The fraction of sp³-hybridized carbons (Fsp3) is 0.400. The molecule has 0 unspecified atom stereocenters. The molecule has 0 spiro atoms. The van der Waals surface area contributed by atoms with E-state index in [-0.39, 0.29) is 6.42 Å². The number of carbonyl (C=O) groups is 3. The summed E-state index contributed by atoms with van der Waals surface area (Å²) in [6.45, 7) is 0. The Morgan fingerprint density at radius 1 is 1.22 bits per heavy atom. The molecule has 5 atom stereocenters. The van der Waals surface area contributed by atoms with Crippen LogP contribution in [0.2, 0.25) is 0 Å². The molecule has 0 saturated heterocycles. The summed E-state index contributed by atoms with van der Waals surface area (Å²) in [5.74, 6) is -4.56. The number of benzene rings is 1. The number of amides is 1. The third-order valence-corrected chi connectivity index (χ3v) is 4.60. The number of hydrogen-bond donors (Lipinski definition) is 4. The molecule has 0 heterocycles. The third-order valence-electron chi connectivity index (χ3n) is 4.60. The summed E-state index contributed by atoms with van der Waals surface area (Å²) in [7, 11) is 0. The number of carboxylic acid groups (broad SMARTS) is 2. The molecule has 0 aromatic heterocycles. The molecular weight excluding hydrogens is 304 g/mol. The van der Waals surface area contributed by atoms with Crippen LogP contribution in [0.4, 0.5) is 10.5 Å². The molecule has 23 heavy (non-hydrogen) atoms. The summed E-state index contributed by atoms with van der Waals surface area (Å²) in [6, 6.07) is 8.59. The van der Waals surface area contributed by atoms with Gasteiger partial charge in [-0.05, 0) is 12.1 Å². The third kappa shape index (κ3) is 2.50. The fourth-order valence-electron chi connectivity index (χ4n) is 3.54. The van der Waals surface area contributed by atoms with E-state index in [1.165, 1.54) is 0 Å². The first-order valence-electron chi connectivity index (χ1n) is 7.12. The van der Waals surface area contributed by atoms with E-state index in [4.69, 9.17) is 15.6 Å². The van der Waals surface area contributed by atoms with Gasteiger partial charge in [-0.3, -0.25) is 14.9 Å². The minimum Gasteiger partial charge on any atom is -0.481 e. The molecule has 1 aromatic rings. The van der Waals surface area contributed by atoms with E-state index >= 15 is 0 Å². The Kier molecular flexibility index (Phi) is 3.48. The van der Waals surface area contributed by atoms with Crippen molar-refractivity contribution in [2.75, 3.05) is 5.32 Å². The number of rotatable bonds is 4. The van der Waals surface area contributed by atoms with Gasteiger partial charge in [0.25, 0.3) is 0 Å². The van der Waals surface area contributed by atoms with Gasteiger partial charge in [0, 0.05) is 23.9 Å². The first-order valence-corrected chi connectivity index (χ1v) is 7.12. The number of aliphatic carboxylic acids is 2.